The van der Waals surface area contributed by atoms with Gasteiger partial charge in [0.25, 0.3) is 5.56 Å². The molecule has 10 heteroatoms. The van der Waals surface area contributed by atoms with Gasteiger partial charge in [-0.05, 0) is 62.1 Å². The molecule has 1 aliphatic heterocycles. The molecule has 0 aliphatic carbocycles. The van der Waals surface area contributed by atoms with Crippen LogP contribution in [0.15, 0.2) is 23.0 Å². The van der Waals surface area contributed by atoms with Crippen LogP contribution in [0.1, 0.15) is 70.8 Å². The molecule has 2 atom stereocenters. The minimum Gasteiger partial charge on any atom is -0.493 e. The van der Waals surface area contributed by atoms with Gasteiger partial charge in [-0.3, -0.25) is 9.69 Å². The van der Waals surface area contributed by atoms with Crippen molar-refractivity contribution in [2.24, 2.45) is 0 Å². The van der Waals surface area contributed by atoms with Gasteiger partial charge >= 0.3 is 0 Å². The normalized spacial score (nSPS) is 17.1. The number of ether oxygens (including phenoxy) is 3. The summed E-state index contributed by atoms with van der Waals surface area (Å²) in [6.07, 6.45) is 3.86. The van der Waals surface area contributed by atoms with Crippen LogP contribution >= 0.6 is 0 Å². The highest BCUT2D eigenvalue weighted by atomic mass is 16.5. The minimum atomic E-state index is -0.224. The van der Waals surface area contributed by atoms with Gasteiger partial charge in [0.15, 0.2) is 17.3 Å². The first-order valence-corrected chi connectivity index (χ1v) is 12.7. The summed E-state index contributed by atoms with van der Waals surface area (Å²) in [6.45, 7) is 10.5. The second-order valence-electron chi connectivity index (χ2n) is 10.0. The summed E-state index contributed by atoms with van der Waals surface area (Å²) in [4.78, 5) is 18.5. The van der Waals surface area contributed by atoms with Crippen molar-refractivity contribution in [3.63, 3.8) is 0 Å². The fourth-order valence-corrected chi connectivity index (χ4v) is 4.85. The van der Waals surface area contributed by atoms with E-state index in [4.69, 9.17) is 14.2 Å². The average Bonchev–Trinajstić information content (AvgIpc) is 3.57. The van der Waals surface area contributed by atoms with Crippen molar-refractivity contribution in [1.29, 1.82) is 0 Å². The van der Waals surface area contributed by atoms with Crippen molar-refractivity contribution in [3.8, 4) is 11.5 Å². The van der Waals surface area contributed by atoms with Crippen LogP contribution in [-0.4, -0.2) is 63.6 Å². The number of rotatable bonds is 11. The van der Waals surface area contributed by atoms with Gasteiger partial charge in [0.2, 0.25) is 0 Å². The molecule has 1 aliphatic rings. The molecule has 3 aromatic rings. The standard InChI is InChI=1S/C26H38N6O4/c1-7-21(24-28-29-30-32(24)26(3,4)8-2)31(16-19-10-9-11-36-19)15-18-12-17-13-22(34-5)23(35-6)14-20(17)27-25(18)33/h12-14,19,21H,7-11,15-16H2,1-6H3,(H,27,33). The van der Waals surface area contributed by atoms with Crippen LogP contribution < -0.4 is 15.0 Å². The van der Waals surface area contributed by atoms with Gasteiger partial charge in [0.05, 0.1) is 37.4 Å². The maximum absolute atomic E-state index is 13.2. The Balaban J connectivity index is 1.74. The number of nitrogens with zero attached hydrogens (tertiary/aromatic N) is 5. The van der Waals surface area contributed by atoms with E-state index in [-0.39, 0.29) is 23.2 Å². The summed E-state index contributed by atoms with van der Waals surface area (Å²) in [7, 11) is 3.19. The molecule has 2 aromatic heterocycles. The smallest absolute Gasteiger partial charge is 0.252 e. The third-order valence-corrected chi connectivity index (χ3v) is 7.32. The fraction of sp³-hybridized carbons (Fsp3) is 0.615. The Morgan fingerprint density at radius 3 is 2.61 bits per heavy atom. The van der Waals surface area contributed by atoms with E-state index in [0.717, 1.165) is 43.5 Å². The molecule has 1 aromatic carbocycles. The van der Waals surface area contributed by atoms with Crippen molar-refractivity contribution in [2.75, 3.05) is 27.4 Å². The van der Waals surface area contributed by atoms with Crippen LogP contribution in [-0.2, 0) is 16.8 Å². The number of H-pyrrole nitrogens is 1. The number of aromatic nitrogens is 5. The lowest BCUT2D eigenvalue weighted by Gasteiger charge is -2.34. The lowest BCUT2D eigenvalue weighted by Crippen LogP contribution is -2.39. The lowest BCUT2D eigenvalue weighted by atomic mass is 10.0. The quantitative estimate of drug-likeness (QED) is 0.425. The molecular weight excluding hydrogens is 460 g/mol. The van der Waals surface area contributed by atoms with Gasteiger partial charge in [-0.1, -0.05) is 13.8 Å². The third kappa shape index (κ3) is 5.24. The third-order valence-electron chi connectivity index (χ3n) is 7.32. The molecule has 36 heavy (non-hydrogen) atoms. The second-order valence-corrected chi connectivity index (χ2v) is 10.0. The Bertz CT molecular complexity index is 1230. The van der Waals surface area contributed by atoms with Crippen molar-refractivity contribution in [3.05, 3.63) is 39.9 Å². The molecule has 1 saturated heterocycles. The monoisotopic (exact) mass is 498 g/mol. The van der Waals surface area contributed by atoms with Gasteiger partial charge < -0.3 is 19.2 Å². The number of pyridine rings is 1. The molecule has 4 rings (SSSR count). The topological polar surface area (TPSA) is 107 Å². The summed E-state index contributed by atoms with van der Waals surface area (Å²) >= 11 is 0. The van der Waals surface area contributed by atoms with E-state index in [1.54, 1.807) is 20.3 Å². The Hall–Kier alpha value is -2.98. The van der Waals surface area contributed by atoms with Crippen LogP contribution in [0.5, 0.6) is 11.5 Å². The molecule has 0 bridgehead atoms. The maximum Gasteiger partial charge on any atom is 0.252 e. The highest BCUT2D eigenvalue weighted by molar-refractivity contribution is 5.83. The number of hydrogen-bond acceptors (Lipinski definition) is 8. The second kappa shape index (κ2) is 11.0. The molecule has 10 nitrogen and oxygen atoms in total. The van der Waals surface area contributed by atoms with Gasteiger partial charge in [-0.25, -0.2) is 4.68 Å². The number of aromatic amines is 1. The van der Waals surface area contributed by atoms with Gasteiger partial charge in [-0.2, -0.15) is 0 Å². The summed E-state index contributed by atoms with van der Waals surface area (Å²) in [6, 6.07) is 5.54. The van der Waals surface area contributed by atoms with Gasteiger partial charge in [-0.15, -0.1) is 5.10 Å². The summed E-state index contributed by atoms with van der Waals surface area (Å²) in [5, 5.41) is 13.7. The van der Waals surface area contributed by atoms with E-state index in [0.29, 0.717) is 35.7 Å². The molecule has 0 amide bonds. The molecule has 196 valence electrons. The zero-order valence-electron chi connectivity index (χ0n) is 22.2. The first kappa shape index (κ1) is 26.1. The van der Waals surface area contributed by atoms with E-state index < -0.39 is 0 Å². The number of fused-ring (bicyclic) bond motifs is 1. The Kier molecular flexibility index (Phi) is 7.94. The van der Waals surface area contributed by atoms with Crippen molar-refractivity contribution < 1.29 is 14.2 Å². The van der Waals surface area contributed by atoms with Crippen LogP contribution in [0.4, 0.5) is 0 Å². The number of tetrazole rings is 1. The highest BCUT2D eigenvalue weighted by Crippen LogP contribution is 2.33. The maximum atomic E-state index is 13.2. The van der Waals surface area contributed by atoms with Crippen LogP contribution in [0, 0.1) is 0 Å². The SMILES string of the molecule is CCC(c1nnnn1C(C)(C)CC)N(Cc1cc2cc(OC)c(OC)cc2[nH]c1=O)CC1CCCO1. The van der Waals surface area contributed by atoms with Crippen molar-refractivity contribution >= 4 is 10.9 Å². The van der Waals surface area contributed by atoms with Crippen LogP contribution in [0.3, 0.4) is 0 Å². The summed E-state index contributed by atoms with van der Waals surface area (Å²) in [5.41, 5.74) is 1.01. The lowest BCUT2D eigenvalue weighted by molar-refractivity contribution is 0.0475. The van der Waals surface area contributed by atoms with Crippen LogP contribution in [0.25, 0.3) is 10.9 Å². The number of methoxy groups -OCH3 is 2. The zero-order chi connectivity index (χ0) is 25.9. The molecular formula is C26H38N6O4. The van der Waals surface area contributed by atoms with E-state index in [1.165, 1.54) is 0 Å². The molecule has 0 spiro atoms. The van der Waals surface area contributed by atoms with Crippen molar-refractivity contribution in [2.45, 2.75) is 77.6 Å². The van der Waals surface area contributed by atoms with Crippen LogP contribution in [0.2, 0.25) is 0 Å². The van der Waals surface area contributed by atoms with E-state index >= 15 is 0 Å². The molecule has 2 unspecified atom stereocenters. The van der Waals surface area contributed by atoms with Gasteiger partial charge in [0.1, 0.15) is 0 Å². The summed E-state index contributed by atoms with van der Waals surface area (Å²) in [5.74, 6) is 2.00. The average molecular weight is 499 g/mol. The fourth-order valence-electron chi connectivity index (χ4n) is 4.85. The van der Waals surface area contributed by atoms with E-state index in [1.807, 2.05) is 16.8 Å². The van der Waals surface area contributed by atoms with E-state index in [9.17, 15) is 4.79 Å². The molecule has 1 N–H and O–H groups in total. The number of nitrogens with one attached hydrogen (secondary N) is 1. The molecule has 0 radical (unpaired) electrons. The first-order chi connectivity index (χ1) is 17.3. The van der Waals surface area contributed by atoms with Gasteiger partial charge in [0, 0.05) is 36.7 Å². The minimum absolute atomic E-state index is 0.0736. The van der Waals surface area contributed by atoms with Crippen molar-refractivity contribution in [1.82, 2.24) is 30.1 Å². The first-order valence-electron chi connectivity index (χ1n) is 12.7. The highest BCUT2D eigenvalue weighted by Gasteiger charge is 2.32. The Labute approximate surface area is 211 Å². The predicted molar refractivity (Wildman–Crippen MR) is 138 cm³/mol. The Morgan fingerprint density at radius 2 is 1.97 bits per heavy atom. The Morgan fingerprint density at radius 1 is 1.22 bits per heavy atom. The number of hydrogen-bond donors (Lipinski definition) is 1. The molecule has 0 saturated carbocycles. The van der Waals surface area contributed by atoms with E-state index in [2.05, 4.69) is 53.1 Å². The predicted octanol–water partition coefficient (Wildman–Crippen LogP) is 3.81. The molecule has 3 heterocycles. The molecule has 1 fully saturated rings. The summed E-state index contributed by atoms with van der Waals surface area (Å²) < 4.78 is 18.8. The zero-order valence-corrected chi connectivity index (χ0v) is 22.2. The number of benzene rings is 1. The largest absolute Gasteiger partial charge is 0.493 e.